The SMILES string of the molecule is CCC(CC)n1ncc(C(=O)Nc2ccc(C(=O)O)cc2OC)c1C. The molecule has 0 unspecified atom stereocenters. The number of aromatic carboxylic acids is 1. The van der Waals surface area contributed by atoms with Gasteiger partial charge in [0.2, 0.25) is 0 Å². The van der Waals surface area contributed by atoms with Crippen molar-refractivity contribution in [1.82, 2.24) is 9.78 Å². The monoisotopic (exact) mass is 345 g/mol. The van der Waals surface area contributed by atoms with Crippen molar-refractivity contribution in [1.29, 1.82) is 0 Å². The molecule has 7 heteroatoms. The molecule has 0 atom stereocenters. The maximum absolute atomic E-state index is 12.6. The summed E-state index contributed by atoms with van der Waals surface area (Å²) >= 11 is 0. The number of carbonyl (C=O) groups is 2. The van der Waals surface area contributed by atoms with Gasteiger partial charge in [0.1, 0.15) is 5.75 Å². The second kappa shape index (κ2) is 7.83. The predicted molar refractivity (Wildman–Crippen MR) is 94.5 cm³/mol. The van der Waals surface area contributed by atoms with E-state index in [1.165, 1.54) is 25.3 Å². The molecule has 0 saturated carbocycles. The number of hydrogen-bond acceptors (Lipinski definition) is 4. The van der Waals surface area contributed by atoms with Crippen molar-refractivity contribution in [3.8, 4) is 5.75 Å². The standard InChI is InChI=1S/C18H23N3O4/c1-5-13(6-2)21-11(3)14(10-19-21)17(22)20-15-8-7-12(18(23)24)9-16(15)25-4/h7-10,13H,5-6H2,1-4H3,(H,20,22)(H,23,24). The third kappa shape index (κ3) is 3.81. The van der Waals surface area contributed by atoms with Gasteiger partial charge < -0.3 is 15.2 Å². The van der Waals surface area contributed by atoms with Gasteiger partial charge in [-0.05, 0) is 38.0 Å². The number of benzene rings is 1. The Labute approximate surface area is 146 Å². The van der Waals surface area contributed by atoms with Gasteiger partial charge in [-0.1, -0.05) is 13.8 Å². The molecule has 0 fully saturated rings. The van der Waals surface area contributed by atoms with Crippen LogP contribution in [-0.2, 0) is 0 Å². The van der Waals surface area contributed by atoms with E-state index >= 15 is 0 Å². The van der Waals surface area contributed by atoms with Crippen molar-refractivity contribution in [2.45, 2.75) is 39.7 Å². The molecule has 134 valence electrons. The molecule has 0 aliphatic rings. The molecule has 0 aliphatic carbocycles. The Bertz CT molecular complexity index is 779. The van der Waals surface area contributed by atoms with Gasteiger partial charge in [0, 0.05) is 5.69 Å². The van der Waals surface area contributed by atoms with E-state index in [1.807, 2.05) is 11.6 Å². The van der Waals surface area contributed by atoms with Gasteiger partial charge in [-0.3, -0.25) is 9.48 Å². The molecule has 2 rings (SSSR count). The summed E-state index contributed by atoms with van der Waals surface area (Å²) in [4.78, 5) is 23.6. The minimum Gasteiger partial charge on any atom is -0.495 e. The van der Waals surface area contributed by atoms with E-state index < -0.39 is 5.97 Å². The Balaban J connectivity index is 2.27. The molecular formula is C18H23N3O4. The highest BCUT2D eigenvalue weighted by Crippen LogP contribution is 2.27. The molecule has 7 nitrogen and oxygen atoms in total. The highest BCUT2D eigenvalue weighted by molar-refractivity contribution is 6.06. The average Bonchev–Trinajstić information content (AvgIpc) is 2.98. The molecule has 0 bridgehead atoms. The molecule has 0 saturated heterocycles. The molecule has 0 radical (unpaired) electrons. The summed E-state index contributed by atoms with van der Waals surface area (Å²) in [5.41, 5.74) is 1.78. The number of ether oxygens (including phenoxy) is 1. The Hall–Kier alpha value is -2.83. The third-order valence-corrected chi connectivity index (χ3v) is 4.27. The number of amides is 1. The molecule has 1 heterocycles. The van der Waals surface area contributed by atoms with Crippen LogP contribution in [0.3, 0.4) is 0 Å². The average molecular weight is 345 g/mol. The lowest BCUT2D eigenvalue weighted by Crippen LogP contribution is -2.15. The summed E-state index contributed by atoms with van der Waals surface area (Å²) < 4.78 is 7.06. The van der Waals surface area contributed by atoms with E-state index in [0.717, 1.165) is 18.5 Å². The van der Waals surface area contributed by atoms with Gasteiger partial charge >= 0.3 is 5.97 Å². The van der Waals surface area contributed by atoms with Crippen LogP contribution in [-0.4, -0.2) is 33.9 Å². The first-order chi connectivity index (χ1) is 11.9. The Morgan fingerprint density at radius 1 is 1.32 bits per heavy atom. The van der Waals surface area contributed by atoms with Gasteiger partial charge in [0.15, 0.2) is 0 Å². The summed E-state index contributed by atoms with van der Waals surface area (Å²) in [6.45, 7) is 6.04. The van der Waals surface area contributed by atoms with Crippen LogP contribution in [0.2, 0.25) is 0 Å². The molecule has 25 heavy (non-hydrogen) atoms. The highest BCUT2D eigenvalue weighted by Gasteiger charge is 2.19. The van der Waals surface area contributed by atoms with Crippen LogP contribution in [0.1, 0.15) is 59.1 Å². The number of carboxylic acid groups (broad SMARTS) is 1. The fourth-order valence-electron chi connectivity index (χ4n) is 2.77. The van der Waals surface area contributed by atoms with Gasteiger partial charge in [-0.25, -0.2) is 4.79 Å². The minimum absolute atomic E-state index is 0.0904. The van der Waals surface area contributed by atoms with Crippen molar-refractivity contribution < 1.29 is 19.4 Å². The largest absolute Gasteiger partial charge is 0.495 e. The van der Waals surface area contributed by atoms with Crippen LogP contribution >= 0.6 is 0 Å². The number of anilines is 1. The Morgan fingerprint density at radius 2 is 2.00 bits per heavy atom. The lowest BCUT2D eigenvalue weighted by Gasteiger charge is -2.15. The second-order valence-corrected chi connectivity index (χ2v) is 5.73. The van der Waals surface area contributed by atoms with E-state index in [-0.39, 0.29) is 17.5 Å². The summed E-state index contributed by atoms with van der Waals surface area (Å²) in [5.74, 6) is -1.08. The van der Waals surface area contributed by atoms with Crippen LogP contribution in [0, 0.1) is 6.92 Å². The topological polar surface area (TPSA) is 93.5 Å². The number of carboxylic acids is 1. The van der Waals surface area contributed by atoms with E-state index in [1.54, 1.807) is 6.20 Å². The van der Waals surface area contributed by atoms with Gasteiger partial charge in [-0.2, -0.15) is 5.10 Å². The molecule has 0 aliphatic heterocycles. The molecule has 2 N–H and O–H groups in total. The lowest BCUT2D eigenvalue weighted by molar-refractivity contribution is 0.0696. The zero-order valence-corrected chi connectivity index (χ0v) is 14.9. The molecule has 1 amide bonds. The number of nitrogens with one attached hydrogen (secondary N) is 1. The van der Waals surface area contributed by atoms with Crippen molar-refractivity contribution in [3.05, 3.63) is 41.2 Å². The Kier molecular flexibility index (Phi) is 5.80. The maximum Gasteiger partial charge on any atom is 0.335 e. The first-order valence-corrected chi connectivity index (χ1v) is 8.19. The van der Waals surface area contributed by atoms with Crippen LogP contribution in [0.4, 0.5) is 5.69 Å². The van der Waals surface area contributed by atoms with Gasteiger partial charge in [0.05, 0.1) is 36.2 Å². The van der Waals surface area contributed by atoms with E-state index in [2.05, 4.69) is 24.3 Å². The van der Waals surface area contributed by atoms with Gasteiger partial charge in [-0.15, -0.1) is 0 Å². The van der Waals surface area contributed by atoms with E-state index in [9.17, 15) is 9.59 Å². The van der Waals surface area contributed by atoms with Crippen LogP contribution in [0.5, 0.6) is 5.75 Å². The van der Waals surface area contributed by atoms with Crippen molar-refractivity contribution in [3.63, 3.8) is 0 Å². The zero-order chi connectivity index (χ0) is 18.6. The zero-order valence-electron chi connectivity index (χ0n) is 14.9. The lowest BCUT2D eigenvalue weighted by atomic mass is 10.1. The smallest absolute Gasteiger partial charge is 0.335 e. The summed E-state index contributed by atoms with van der Waals surface area (Å²) in [6.07, 6.45) is 3.43. The van der Waals surface area contributed by atoms with Crippen molar-refractivity contribution in [2.75, 3.05) is 12.4 Å². The van der Waals surface area contributed by atoms with Crippen molar-refractivity contribution in [2.24, 2.45) is 0 Å². The highest BCUT2D eigenvalue weighted by atomic mass is 16.5. The number of rotatable bonds is 7. The molecule has 1 aromatic heterocycles. The fraction of sp³-hybridized carbons (Fsp3) is 0.389. The molecule has 2 aromatic rings. The number of nitrogens with zero attached hydrogens (tertiary/aromatic N) is 2. The summed E-state index contributed by atoms with van der Waals surface area (Å²) in [6, 6.07) is 4.56. The van der Waals surface area contributed by atoms with Crippen LogP contribution < -0.4 is 10.1 Å². The van der Waals surface area contributed by atoms with Gasteiger partial charge in [0.25, 0.3) is 5.91 Å². The number of hydrogen-bond donors (Lipinski definition) is 2. The maximum atomic E-state index is 12.6. The quantitative estimate of drug-likeness (QED) is 0.801. The number of carbonyl (C=O) groups excluding carboxylic acids is 1. The normalized spacial score (nSPS) is 10.8. The van der Waals surface area contributed by atoms with Crippen LogP contribution in [0.15, 0.2) is 24.4 Å². The first-order valence-electron chi connectivity index (χ1n) is 8.19. The first kappa shape index (κ1) is 18.5. The Morgan fingerprint density at radius 3 is 2.56 bits per heavy atom. The third-order valence-electron chi connectivity index (χ3n) is 4.27. The van der Waals surface area contributed by atoms with Crippen molar-refractivity contribution >= 4 is 17.6 Å². The number of aromatic nitrogens is 2. The van der Waals surface area contributed by atoms with Crippen LogP contribution in [0.25, 0.3) is 0 Å². The molecule has 0 spiro atoms. The predicted octanol–water partition coefficient (Wildman–Crippen LogP) is 3.51. The molecule has 1 aromatic carbocycles. The molecular weight excluding hydrogens is 322 g/mol. The minimum atomic E-state index is -1.06. The fourth-order valence-corrected chi connectivity index (χ4v) is 2.77. The van der Waals surface area contributed by atoms with E-state index in [4.69, 9.17) is 9.84 Å². The number of methoxy groups -OCH3 is 1. The second-order valence-electron chi connectivity index (χ2n) is 5.73. The summed E-state index contributed by atoms with van der Waals surface area (Å²) in [7, 11) is 1.42. The summed E-state index contributed by atoms with van der Waals surface area (Å²) in [5, 5.41) is 16.1. The van der Waals surface area contributed by atoms with E-state index in [0.29, 0.717) is 17.0 Å².